The molecule has 7 heteroatoms. The van der Waals surface area contributed by atoms with Gasteiger partial charge < -0.3 is 11.1 Å². The van der Waals surface area contributed by atoms with Crippen molar-refractivity contribution in [2.75, 3.05) is 18.8 Å². The molecule has 6 nitrogen and oxygen atoms in total. The summed E-state index contributed by atoms with van der Waals surface area (Å²) in [5, 5.41) is 2.65. The van der Waals surface area contributed by atoms with Crippen molar-refractivity contribution in [3.05, 3.63) is 23.8 Å². The van der Waals surface area contributed by atoms with Crippen LogP contribution in [0.3, 0.4) is 0 Å². The number of nitrogens with two attached hydrogens (primary N) is 1. The van der Waals surface area contributed by atoms with Crippen LogP contribution in [0.2, 0.25) is 0 Å². The highest BCUT2D eigenvalue weighted by molar-refractivity contribution is 7.89. The largest absolute Gasteiger partial charge is 0.398 e. The summed E-state index contributed by atoms with van der Waals surface area (Å²) in [5.41, 5.74) is 7.23. The number of carbonyl (C=O) groups is 1. The van der Waals surface area contributed by atoms with Gasteiger partial charge in [0, 0.05) is 18.8 Å². The maximum Gasteiger partial charge on any atom is 0.243 e. The molecule has 0 bridgehead atoms. The number of hydrogen-bond acceptors (Lipinski definition) is 4. The average molecular weight is 297 g/mol. The SMILES string of the molecule is CCc1ccc(S(=O)(=O)N2CCNC(=O)C2C)cc1N. The van der Waals surface area contributed by atoms with Crippen LogP contribution in [-0.2, 0) is 21.2 Å². The second kappa shape index (κ2) is 5.41. The number of carbonyl (C=O) groups excluding carboxylic acids is 1. The summed E-state index contributed by atoms with van der Waals surface area (Å²) in [6.07, 6.45) is 0.745. The number of piperazine rings is 1. The lowest BCUT2D eigenvalue weighted by molar-refractivity contribution is -0.126. The second-order valence-corrected chi connectivity index (χ2v) is 6.69. The van der Waals surface area contributed by atoms with Gasteiger partial charge in [-0.15, -0.1) is 0 Å². The number of sulfonamides is 1. The lowest BCUT2D eigenvalue weighted by Crippen LogP contribution is -2.55. The van der Waals surface area contributed by atoms with E-state index in [0.29, 0.717) is 12.2 Å². The standard InChI is InChI=1S/C13H19N3O3S/c1-3-10-4-5-11(8-12(10)14)20(18,19)16-7-6-15-13(17)9(16)2/h4-5,8-9H,3,6-7,14H2,1-2H3,(H,15,17). The third kappa shape index (κ3) is 2.51. The lowest BCUT2D eigenvalue weighted by atomic mass is 10.1. The minimum Gasteiger partial charge on any atom is -0.398 e. The molecule has 1 aliphatic rings. The molecule has 1 saturated heterocycles. The minimum absolute atomic E-state index is 0.133. The van der Waals surface area contributed by atoms with Crippen LogP contribution in [-0.4, -0.2) is 37.8 Å². The summed E-state index contributed by atoms with van der Waals surface area (Å²) in [7, 11) is -3.70. The molecule has 1 fully saturated rings. The number of nitrogens with one attached hydrogen (secondary N) is 1. The Balaban J connectivity index is 2.39. The Bertz CT molecular complexity index is 628. The zero-order valence-corrected chi connectivity index (χ0v) is 12.4. The third-order valence-electron chi connectivity index (χ3n) is 3.55. The molecule has 1 atom stereocenters. The first kappa shape index (κ1) is 14.8. The van der Waals surface area contributed by atoms with Gasteiger partial charge in [-0.05, 0) is 31.0 Å². The normalized spacial score (nSPS) is 20.7. The average Bonchev–Trinajstić information content (AvgIpc) is 2.41. The maximum atomic E-state index is 12.6. The molecule has 0 aliphatic carbocycles. The molecule has 1 unspecified atom stereocenters. The van der Waals surface area contributed by atoms with E-state index in [1.54, 1.807) is 19.1 Å². The predicted octanol–water partition coefficient (Wildman–Crippen LogP) is 0.340. The smallest absolute Gasteiger partial charge is 0.243 e. The molecule has 110 valence electrons. The number of rotatable bonds is 3. The van der Waals surface area contributed by atoms with Gasteiger partial charge in [0.15, 0.2) is 0 Å². The van der Waals surface area contributed by atoms with E-state index in [1.807, 2.05) is 6.92 Å². The first-order valence-corrected chi connectivity index (χ1v) is 8.00. The fourth-order valence-electron chi connectivity index (χ4n) is 2.28. The Kier molecular flexibility index (Phi) is 4.01. The molecule has 3 N–H and O–H groups in total. The Morgan fingerprint density at radius 2 is 2.15 bits per heavy atom. The predicted molar refractivity (Wildman–Crippen MR) is 76.6 cm³/mol. The van der Waals surface area contributed by atoms with Crippen molar-refractivity contribution in [3.8, 4) is 0 Å². The second-order valence-electron chi connectivity index (χ2n) is 4.80. The van der Waals surface area contributed by atoms with Crippen molar-refractivity contribution in [2.24, 2.45) is 0 Å². The van der Waals surface area contributed by atoms with Gasteiger partial charge in [-0.2, -0.15) is 4.31 Å². The molecule has 2 rings (SSSR count). The van der Waals surface area contributed by atoms with Gasteiger partial charge in [0.25, 0.3) is 0 Å². The van der Waals surface area contributed by atoms with Gasteiger partial charge >= 0.3 is 0 Å². The van der Waals surface area contributed by atoms with E-state index < -0.39 is 16.1 Å². The monoisotopic (exact) mass is 297 g/mol. The molecule has 1 aromatic rings. The van der Waals surface area contributed by atoms with E-state index in [-0.39, 0.29) is 17.3 Å². The Morgan fingerprint density at radius 1 is 1.45 bits per heavy atom. The van der Waals surface area contributed by atoms with Crippen molar-refractivity contribution < 1.29 is 13.2 Å². The first-order chi connectivity index (χ1) is 9.37. The fraction of sp³-hybridized carbons (Fsp3) is 0.462. The lowest BCUT2D eigenvalue weighted by Gasteiger charge is -2.31. The van der Waals surface area contributed by atoms with Crippen LogP contribution < -0.4 is 11.1 Å². The van der Waals surface area contributed by atoms with Crippen LogP contribution in [0.4, 0.5) is 5.69 Å². The summed E-state index contributed by atoms with van der Waals surface area (Å²) in [5.74, 6) is -0.280. The zero-order chi connectivity index (χ0) is 14.9. The van der Waals surface area contributed by atoms with Crippen molar-refractivity contribution >= 4 is 21.6 Å². The zero-order valence-electron chi connectivity index (χ0n) is 11.6. The number of aryl methyl sites for hydroxylation is 1. The molecule has 1 amide bonds. The highest BCUT2D eigenvalue weighted by Gasteiger charge is 2.35. The van der Waals surface area contributed by atoms with E-state index in [9.17, 15) is 13.2 Å². The van der Waals surface area contributed by atoms with E-state index in [2.05, 4.69) is 5.32 Å². The molecular formula is C13H19N3O3S. The number of benzene rings is 1. The van der Waals surface area contributed by atoms with Gasteiger partial charge in [-0.25, -0.2) is 8.42 Å². The van der Waals surface area contributed by atoms with Crippen molar-refractivity contribution in [3.63, 3.8) is 0 Å². The fourth-order valence-corrected chi connectivity index (χ4v) is 3.91. The minimum atomic E-state index is -3.70. The van der Waals surface area contributed by atoms with Crippen LogP contribution in [0.25, 0.3) is 0 Å². The van der Waals surface area contributed by atoms with Gasteiger partial charge in [0.1, 0.15) is 6.04 Å². The van der Waals surface area contributed by atoms with Gasteiger partial charge in [-0.1, -0.05) is 13.0 Å². The van der Waals surface area contributed by atoms with E-state index in [4.69, 9.17) is 5.73 Å². The molecule has 1 heterocycles. The topological polar surface area (TPSA) is 92.5 Å². The summed E-state index contributed by atoms with van der Waals surface area (Å²) in [6, 6.07) is 4.02. The number of hydrogen-bond donors (Lipinski definition) is 2. The highest BCUT2D eigenvalue weighted by atomic mass is 32.2. The summed E-state index contributed by atoms with van der Waals surface area (Å²) in [4.78, 5) is 11.7. The Labute approximate surface area is 119 Å². The van der Waals surface area contributed by atoms with Crippen LogP contribution in [0.5, 0.6) is 0 Å². The van der Waals surface area contributed by atoms with Crippen LogP contribution in [0, 0.1) is 0 Å². The summed E-state index contributed by atoms with van der Waals surface area (Å²) in [6.45, 7) is 4.13. The molecule has 20 heavy (non-hydrogen) atoms. The maximum absolute atomic E-state index is 12.6. The third-order valence-corrected chi connectivity index (χ3v) is 5.51. The van der Waals surface area contributed by atoms with Crippen LogP contribution >= 0.6 is 0 Å². The van der Waals surface area contributed by atoms with E-state index >= 15 is 0 Å². The molecule has 0 saturated carbocycles. The molecule has 0 spiro atoms. The highest BCUT2D eigenvalue weighted by Crippen LogP contribution is 2.23. The van der Waals surface area contributed by atoms with Gasteiger partial charge in [0.2, 0.25) is 15.9 Å². The molecule has 0 aromatic heterocycles. The summed E-state index contributed by atoms with van der Waals surface area (Å²) < 4.78 is 26.4. The van der Waals surface area contributed by atoms with Crippen molar-refractivity contribution in [2.45, 2.75) is 31.2 Å². The van der Waals surface area contributed by atoms with Gasteiger partial charge in [-0.3, -0.25) is 4.79 Å². The number of nitrogens with zero attached hydrogens (tertiary/aromatic N) is 1. The number of amides is 1. The van der Waals surface area contributed by atoms with Crippen LogP contribution in [0.15, 0.2) is 23.1 Å². The van der Waals surface area contributed by atoms with Crippen molar-refractivity contribution in [1.29, 1.82) is 0 Å². The van der Waals surface area contributed by atoms with E-state index in [0.717, 1.165) is 12.0 Å². The number of nitrogen functional groups attached to an aromatic ring is 1. The Morgan fingerprint density at radius 3 is 2.75 bits per heavy atom. The summed E-state index contributed by atoms with van der Waals surface area (Å²) >= 11 is 0. The van der Waals surface area contributed by atoms with Crippen LogP contribution in [0.1, 0.15) is 19.4 Å². The Hall–Kier alpha value is -1.60. The van der Waals surface area contributed by atoms with Crippen molar-refractivity contribution in [1.82, 2.24) is 9.62 Å². The quantitative estimate of drug-likeness (QED) is 0.787. The molecule has 1 aliphatic heterocycles. The molecular weight excluding hydrogens is 278 g/mol. The molecule has 0 radical (unpaired) electrons. The number of anilines is 1. The van der Waals surface area contributed by atoms with Gasteiger partial charge in [0.05, 0.1) is 4.90 Å². The molecule has 1 aromatic carbocycles. The van der Waals surface area contributed by atoms with E-state index in [1.165, 1.54) is 10.4 Å². The first-order valence-electron chi connectivity index (χ1n) is 6.56.